The van der Waals surface area contributed by atoms with Crippen LogP contribution in [0.1, 0.15) is 42.5 Å². The van der Waals surface area contributed by atoms with E-state index in [9.17, 15) is 13.2 Å². The third-order valence-electron chi connectivity index (χ3n) is 3.83. The molecular formula is C15H21BrN2O4S2. The molecule has 1 aromatic rings. The molecule has 4 N–H and O–H groups in total. The summed E-state index contributed by atoms with van der Waals surface area (Å²) in [6, 6.07) is 2.95. The summed E-state index contributed by atoms with van der Waals surface area (Å²) in [5.74, 6) is -0.417. The number of halogens is 1. The first kappa shape index (κ1) is 19.7. The fourth-order valence-corrected chi connectivity index (χ4v) is 5.83. The van der Waals surface area contributed by atoms with Crippen molar-refractivity contribution < 1.29 is 18.3 Å². The maximum absolute atomic E-state index is 12.4. The van der Waals surface area contributed by atoms with Crippen LogP contribution in [0.25, 0.3) is 0 Å². The van der Waals surface area contributed by atoms with E-state index in [-0.39, 0.29) is 23.6 Å². The smallest absolute Gasteiger partial charge is 0.252 e. The van der Waals surface area contributed by atoms with Gasteiger partial charge in [-0.3, -0.25) is 4.79 Å². The standard InChI is InChI=1S/C15H21BrN2O4S2/c16-12-9-13(23-10-4-2-1-3-5-10)11(15(20)18-6-7-19)8-14(12)24(17,21)22/h8-10,19H,1-7H2,(H,18,20)(H2,17,21,22). The molecule has 1 amide bonds. The van der Waals surface area contributed by atoms with Gasteiger partial charge in [-0.15, -0.1) is 11.8 Å². The molecule has 0 atom stereocenters. The van der Waals surface area contributed by atoms with E-state index in [0.717, 1.165) is 17.7 Å². The number of hydrogen-bond donors (Lipinski definition) is 3. The van der Waals surface area contributed by atoms with Crippen LogP contribution in [0, 0.1) is 0 Å². The second-order valence-corrected chi connectivity index (χ2v) is 9.41. The minimum atomic E-state index is -3.95. The van der Waals surface area contributed by atoms with Crippen LogP contribution < -0.4 is 10.5 Å². The first-order valence-electron chi connectivity index (χ1n) is 7.75. The third-order valence-corrected chi connectivity index (χ3v) is 7.09. The quantitative estimate of drug-likeness (QED) is 0.633. The highest BCUT2D eigenvalue weighted by atomic mass is 79.9. The maximum atomic E-state index is 12.4. The van der Waals surface area contributed by atoms with Gasteiger partial charge in [-0.05, 0) is 40.9 Å². The number of rotatable bonds is 6. The minimum absolute atomic E-state index is 0.104. The minimum Gasteiger partial charge on any atom is -0.395 e. The fourth-order valence-electron chi connectivity index (χ4n) is 2.66. The van der Waals surface area contributed by atoms with E-state index < -0.39 is 15.9 Å². The summed E-state index contributed by atoms with van der Waals surface area (Å²) in [4.78, 5) is 13.0. The van der Waals surface area contributed by atoms with E-state index in [1.165, 1.54) is 25.3 Å². The fraction of sp³-hybridized carbons (Fsp3) is 0.533. The van der Waals surface area contributed by atoms with Gasteiger partial charge in [0.05, 0.1) is 17.1 Å². The normalized spacial score (nSPS) is 16.1. The Morgan fingerprint density at radius 1 is 1.33 bits per heavy atom. The maximum Gasteiger partial charge on any atom is 0.252 e. The Labute approximate surface area is 154 Å². The van der Waals surface area contributed by atoms with Gasteiger partial charge in [0.15, 0.2) is 0 Å². The molecule has 0 aliphatic heterocycles. The number of benzene rings is 1. The molecule has 0 unspecified atom stereocenters. The highest BCUT2D eigenvalue weighted by Gasteiger charge is 2.23. The molecule has 1 saturated carbocycles. The number of aliphatic hydroxyl groups excluding tert-OH is 1. The highest BCUT2D eigenvalue weighted by Crippen LogP contribution is 2.38. The number of sulfonamides is 1. The first-order valence-corrected chi connectivity index (χ1v) is 11.0. The van der Waals surface area contributed by atoms with Crippen molar-refractivity contribution in [3.05, 3.63) is 22.2 Å². The Balaban J connectivity index is 2.39. The van der Waals surface area contributed by atoms with E-state index in [2.05, 4.69) is 21.2 Å². The second-order valence-electron chi connectivity index (χ2n) is 5.68. The van der Waals surface area contributed by atoms with Crippen molar-refractivity contribution in [2.45, 2.75) is 47.1 Å². The Morgan fingerprint density at radius 3 is 2.58 bits per heavy atom. The number of amides is 1. The van der Waals surface area contributed by atoms with Crippen LogP contribution in [-0.2, 0) is 10.0 Å². The largest absolute Gasteiger partial charge is 0.395 e. The van der Waals surface area contributed by atoms with Crippen molar-refractivity contribution in [2.24, 2.45) is 5.14 Å². The number of carbonyl (C=O) groups excluding carboxylic acids is 1. The summed E-state index contributed by atoms with van der Waals surface area (Å²) in [6.45, 7) is -0.0808. The van der Waals surface area contributed by atoms with E-state index in [0.29, 0.717) is 9.72 Å². The van der Waals surface area contributed by atoms with Gasteiger partial charge in [0, 0.05) is 21.2 Å². The molecule has 2 rings (SSSR count). The average Bonchev–Trinajstić information content (AvgIpc) is 2.52. The van der Waals surface area contributed by atoms with Crippen molar-refractivity contribution >= 4 is 43.6 Å². The van der Waals surface area contributed by atoms with Crippen LogP contribution in [0.5, 0.6) is 0 Å². The van der Waals surface area contributed by atoms with Gasteiger partial charge in [-0.2, -0.15) is 0 Å². The molecular weight excluding hydrogens is 416 g/mol. The lowest BCUT2D eigenvalue weighted by Gasteiger charge is -2.22. The number of nitrogens with two attached hydrogens (primary N) is 1. The number of carbonyl (C=O) groups is 1. The molecule has 24 heavy (non-hydrogen) atoms. The van der Waals surface area contributed by atoms with E-state index in [1.54, 1.807) is 17.8 Å². The van der Waals surface area contributed by atoms with Crippen molar-refractivity contribution in [2.75, 3.05) is 13.2 Å². The van der Waals surface area contributed by atoms with Crippen LogP contribution in [0.4, 0.5) is 0 Å². The monoisotopic (exact) mass is 436 g/mol. The van der Waals surface area contributed by atoms with Gasteiger partial charge in [0.2, 0.25) is 10.0 Å². The summed E-state index contributed by atoms with van der Waals surface area (Å²) in [7, 11) is -3.95. The molecule has 0 radical (unpaired) electrons. The highest BCUT2D eigenvalue weighted by molar-refractivity contribution is 9.10. The number of hydrogen-bond acceptors (Lipinski definition) is 5. The molecule has 0 spiro atoms. The zero-order valence-corrected chi connectivity index (χ0v) is 16.3. The summed E-state index contributed by atoms with van der Waals surface area (Å²) >= 11 is 4.84. The lowest BCUT2D eigenvalue weighted by molar-refractivity contribution is 0.0941. The predicted octanol–water partition coefficient (Wildman–Crippen LogP) is 2.24. The summed E-state index contributed by atoms with van der Waals surface area (Å²) < 4.78 is 23.8. The van der Waals surface area contributed by atoms with Crippen molar-refractivity contribution in [3.8, 4) is 0 Å². The zero-order chi connectivity index (χ0) is 17.7. The van der Waals surface area contributed by atoms with E-state index in [1.807, 2.05) is 0 Å². The van der Waals surface area contributed by atoms with Gasteiger partial charge in [-0.1, -0.05) is 19.3 Å². The molecule has 134 valence electrons. The van der Waals surface area contributed by atoms with Crippen LogP contribution in [0.2, 0.25) is 0 Å². The average molecular weight is 437 g/mol. The second kappa shape index (κ2) is 8.66. The number of primary sulfonamides is 1. The van der Waals surface area contributed by atoms with E-state index in [4.69, 9.17) is 10.2 Å². The number of nitrogens with one attached hydrogen (secondary N) is 1. The van der Waals surface area contributed by atoms with Gasteiger partial charge in [-0.25, -0.2) is 13.6 Å². The Hall–Kier alpha value is -0.610. The van der Waals surface area contributed by atoms with Crippen molar-refractivity contribution in [1.29, 1.82) is 0 Å². The Bertz CT molecular complexity index is 704. The number of thioether (sulfide) groups is 1. The van der Waals surface area contributed by atoms with Crippen LogP contribution in [0.3, 0.4) is 0 Å². The predicted molar refractivity (Wildman–Crippen MR) is 97.7 cm³/mol. The molecule has 0 saturated heterocycles. The van der Waals surface area contributed by atoms with Gasteiger partial charge < -0.3 is 10.4 Å². The summed E-state index contributed by atoms with van der Waals surface area (Å²) in [6.07, 6.45) is 5.73. The summed E-state index contributed by atoms with van der Waals surface area (Å²) in [5, 5.41) is 17.1. The lowest BCUT2D eigenvalue weighted by atomic mass is 10.0. The third kappa shape index (κ3) is 5.19. The Morgan fingerprint density at radius 2 is 2.00 bits per heavy atom. The van der Waals surface area contributed by atoms with Crippen LogP contribution in [0.15, 0.2) is 26.4 Å². The molecule has 1 aliphatic rings. The molecule has 9 heteroatoms. The molecule has 6 nitrogen and oxygen atoms in total. The van der Waals surface area contributed by atoms with Gasteiger partial charge >= 0.3 is 0 Å². The Kier molecular flexibility index (Phi) is 7.11. The molecule has 1 aliphatic carbocycles. The lowest BCUT2D eigenvalue weighted by Crippen LogP contribution is -2.27. The van der Waals surface area contributed by atoms with Gasteiger partial charge in [0.1, 0.15) is 0 Å². The molecule has 1 fully saturated rings. The molecule has 0 heterocycles. The molecule has 0 aromatic heterocycles. The summed E-state index contributed by atoms with van der Waals surface area (Å²) in [5.41, 5.74) is 0.270. The first-order chi connectivity index (χ1) is 11.3. The SMILES string of the molecule is NS(=O)(=O)c1cc(C(=O)NCCO)c(SC2CCCCC2)cc1Br. The molecule has 0 bridgehead atoms. The number of aliphatic hydroxyl groups is 1. The molecule has 1 aromatic carbocycles. The topological polar surface area (TPSA) is 109 Å². The zero-order valence-electron chi connectivity index (χ0n) is 13.1. The van der Waals surface area contributed by atoms with Crippen LogP contribution >= 0.6 is 27.7 Å². The van der Waals surface area contributed by atoms with Crippen molar-refractivity contribution in [1.82, 2.24) is 5.32 Å². The van der Waals surface area contributed by atoms with E-state index >= 15 is 0 Å². The van der Waals surface area contributed by atoms with Crippen LogP contribution in [-0.4, -0.2) is 37.8 Å². The van der Waals surface area contributed by atoms with Crippen molar-refractivity contribution in [3.63, 3.8) is 0 Å². The van der Waals surface area contributed by atoms with Gasteiger partial charge in [0.25, 0.3) is 5.91 Å².